The molecule has 2 aromatic rings. The van der Waals surface area contributed by atoms with Crippen molar-refractivity contribution in [2.24, 2.45) is 0 Å². The lowest BCUT2D eigenvalue weighted by Gasteiger charge is -2.11. The minimum absolute atomic E-state index is 0.106. The molecule has 0 radical (unpaired) electrons. The van der Waals surface area contributed by atoms with E-state index >= 15 is 0 Å². The predicted octanol–water partition coefficient (Wildman–Crippen LogP) is 1.32. The molecule has 0 spiro atoms. The summed E-state index contributed by atoms with van der Waals surface area (Å²) in [4.78, 5) is 24.3. The van der Waals surface area contributed by atoms with Crippen molar-refractivity contribution in [3.05, 3.63) is 59.2 Å². The molecule has 2 amide bonds. The molecule has 0 atom stereocenters. The number of hydrogen-bond donors (Lipinski definition) is 2. The normalized spacial score (nSPS) is 10.8. The van der Waals surface area contributed by atoms with Gasteiger partial charge in [-0.25, -0.2) is 8.42 Å². The van der Waals surface area contributed by atoms with Crippen LogP contribution < -0.4 is 20.3 Å². The topological polar surface area (TPSA) is 111 Å². The fourth-order valence-electron chi connectivity index (χ4n) is 2.29. The molecule has 0 bridgehead atoms. The van der Waals surface area contributed by atoms with Crippen LogP contribution in [-0.2, 0) is 15.6 Å². The summed E-state index contributed by atoms with van der Waals surface area (Å²) in [5.41, 5.74) is 5.74. The molecule has 0 saturated heterocycles. The third-order valence-corrected chi connectivity index (χ3v) is 4.44. The molecule has 0 aliphatic rings. The van der Waals surface area contributed by atoms with Crippen molar-refractivity contribution in [3.63, 3.8) is 0 Å². The van der Waals surface area contributed by atoms with Gasteiger partial charge in [-0.05, 0) is 35.9 Å². The summed E-state index contributed by atoms with van der Waals surface area (Å²) in [6.45, 7) is 0. The third kappa shape index (κ3) is 5.71. The van der Waals surface area contributed by atoms with Crippen molar-refractivity contribution in [1.29, 1.82) is 0 Å². The van der Waals surface area contributed by atoms with Gasteiger partial charge in [0, 0.05) is 17.4 Å². The van der Waals surface area contributed by atoms with E-state index in [-0.39, 0.29) is 16.9 Å². The van der Waals surface area contributed by atoms with Crippen LogP contribution in [0.4, 0.5) is 0 Å². The monoisotopic (exact) mass is 392 g/mol. The van der Waals surface area contributed by atoms with Crippen LogP contribution in [0.5, 0.6) is 11.5 Å². The van der Waals surface area contributed by atoms with Crippen molar-refractivity contribution in [1.82, 2.24) is 10.9 Å². The minimum atomic E-state index is -3.15. The summed E-state index contributed by atoms with van der Waals surface area (Å²) in [7, 11) is -0.212. The van der Waals surface area contributed by atoms with Crippen molar-refractivity contribution in [2.45, 2.75) is 5.75 Å². The molecule has 2 rings (SSSR count). The molecule has 2 aromatic carbocycles. The van der Waals surface area contributed by atoms with Gasteiger partial charge in [0.15, 0.2) is 21.3 Å². The first-order valence-electron chi connectivity index (χ1n) is 7.83. The van der Waals surface area contributed by atoms with Crippen LogP contribution >= 0.6 is 0 Å². The van der Waals surface area contributed by atoms with Crippen molar-refractivity contribution in [2.75, 3.05) is 20.5 Å². The van der Waals surface area contributed by atoms with Gasteiger partial charge in [0.25, 0.3) is 11.8 Å². The van der Waals surface area contributed by atoms with Gasteiger partial charge >= 0.3 is 0 Å². The number of ether oxygens (including phenoxy) is 2. The van der Waals surface area contributed by atoms with E-state index in [9.17, 15) is 18.0 Å². The molecule has 0 aliphatic heterocycles. The molecule has 0 aromatic heterocycles. The average molecular weight is 392 g/mol. The van der Waals surface area contributed by atoms with Crippen LogP contribution in [0.15, 0.2) is 42.5 Å². The van der Waals surface area contributed by atoms with E-state index in [1.807, 2.05) is 0 Å². The Morgan fingerprint density at radius 2 is 1.37 bits per heavy atom. The lowest BCUT2D eigenvalue weighted by atomic mass is 10.1. The van der Waals surface area contributed by atoms with E-state index in [1.54, 1.807) is 18.2 Å². The summed E-state index contributed by atoms with van der Waals surface area (Å²) in [5.74, 6) is -0.303. The van der Waals surface area contributed by atoms with E-state index < -0.39 is 21.7 Å². The Hall–Kier alpha value is -3.07. The first kappa shape index (κ1) is 20.2. The number of amides is 2. The molecule has 0 unspecified atom stereocenters. The first-order chi connectivity index (χ1) is 12.7. The van der Waals surface area contributed by atoms with Crippen LogP contribution in [0.2, 0.25) is 0 Å². The zero-order valence-electron chi connectivity index (χ0n) is 15.1. The Morgan fingerprint density at radius 1 is 0.852 bits per heavy atom. The molecule has 2 N–H and O–H groups in total. The van der Waals surface area contributed by atoms with Crippen LogP contribution in [0, 0.1) is 0 Å². The van der Waals surface area contributed by atoms with Crippen molar-refractivity contribution < 1.29 is 27.5 Å². The van der Waals surface area contributed by atoms with E-state index in [2.05, 4.69) is 10.9 Å². The molecular formula is C18H20N2O6S. The number of sulfone groups is 1. The van der Waals surface area contributed by atoms with Gasteiger partial charge < -0.3 is 9.47 Å². The number of carbonyl (C=O) groups is 2. The van der Waals surface area contributed by atoms with Crippen LogP contribution in [0.1, 0.15) is 26.3 Å². The molecule has 0 heterocycles. The summed E-state index contributed by atoms with van der Waals surface area (Å²) in [6, 6.07) is 10.7. The van der Waals surface area contributed by atoms with E-state index in [4.69, 9.17) is 9.47 Å². The van der Waals surface area contributed by atoms with Gasteiger partial charge in [0.2, 0.25) is 0 Å². The van der Waals surface area contributed by atoms with E-state index in [0.717, 1.165) is 6.26 Å². The van der Waals surface area contributed by atoms with Crippen LogP contribution in [0.3, 0.4) is 0 Å². The fourth-order valence-corrected chi connectivity index (χ4v) is 3.09. The maximum atomic E-state index is 12.2. The van der Waals surface area contributed by atoms with E-state index in [1.165, 1.54) is 38.5 Å². The number of benzene rings is 2. The third-order valence-electron chi connectivity index (χ3n) is 3.58. The highest BCUT2D eigenvalue weighted by molar-refractivity contribution is 7.89. The number of carbonyl (C=O) groups excluding carboxylic acids is 2. The van der Waals surface area contributed by atoms with Crippen molar-refractivity contribution >= 4 is 21.7 Å². The number of hydrazine groups is 1. The quantitative estimate of drug-likeness (QED) is 0.718. The molecule has 0 saturated carbocycles. The maximum absolute atomic E-state index is 12.2. The highest BCUT2D eigenvalue weighted by Gasteiger charge is 2.13. The Kier molecular flexibility index (Phi) is 6.40. The highest BCUT2D eigenvalue weighted by atomic mass is 32.2. The summed E-state index contributed by atoms with van der Waals surface area (Å²) in [5, 5.41) is 0. The summed E-state index contributed by atoms with van der Waals surface area (Å²) < 4.78 is 32.8. The lowest BCUT2D eigenvalue weighted by molar-refractivity contribution is 0.0846. The van der Waals surface area contributed by atoms with Crippen molar-refractivity contribution in [3.8, 4) is 11.5 Å². The Labute approximate surface area is 157 Å². The van der Waals surface area contributed by atoms with Gasteiger partial charge in [-0.2, -0.15) is 0 Å². The van der Waals surface area contributed by atoms with E-state index in [0.29, 0.717) is 17.1 Å². The summed E-state index contributed by atoms with van der Waals surface area (Å²) in [6.07, 6.45) is 1.14. The first-order valence-corrected chi connectivity index (χ1v) is 9.89. The highest BCUT2D eigenvalue weighted by Crippen LogP contribution is 2.27. The Balaban J connectivity index is 1.99. The SMILES string of the molecule is COc1ccc(C(=O)NNC(=O)c2ccc(CS(C)(=O)=O)cc2)cc1OC. The second-order valence-corrected chi connectivity index (χ2v) is 7.89. The lowest BCUT2D eigenvalue weighted by Crippen LogP contribution is -2.41. The molecule has 9 heteroatoms. The van der Waals surface area contributed by atoms with Gasteiger partial charge in [0.1, 0.15) is 0 Å². The number of hydrogen-bond acceptors (Lipinski definition) is 6. The Bertz CT molecular complexity index is 939. The number of rotatable bonds is 6. The zero-order valence-corrected chi connectivity index (χ0v) is 15.9. The second-order valence-electron chi connectivity index (χ2n) is 5.75. The second kappa shape index (κ2) is 8.54. The predicted molar refractivity (Wildman–Crippen MR) is 99.5 cm³/mol. The standard InChI is InChI=1S/C18H20N2O6S/c1-25-15-9-8-14(10-16(15)26-2)18(22)20-19-17(21)13-6-4-12(5-7-13)11-27(3,23)24/h4-10H,11H2,1-3H3,(H,19,21)(H,20,22). The average Bonchev–Trinajstić information content (AvgIpc) is 2.64. The zero-order chi connectivity index (χ0) is 20.0. The fraction of sp³-hybridized carbons (Fsp3) is 0.222. The molecular weight excluding hydrogens is 372 g/mol. The molecule has 0 aliphatic carbocycles. The minimum Gasteiger partial charge on any atom is -0.493 e. The van der Waals surface area contributed by atoms with Crippen LogP contribution in [0.25, 0.3) is 0 Å². The Morgan fingerprint density at radius 3 is 1.89 bits per heavy atom. The number of nitrogens with one attached hydrogen (secondary N) is 2. The van der Waals surface area contributed by atoms with Gasteiger partial charge in [-0.3, -0.25) is 20.4 Å². The van der Waals surface area contributed by atoms with Gasteiger partial charge in [-0.1, -0.05) is 12.1 Å². The van der Waals surface area contributed by atoms with Crippen LogP contribution in [-0.4, -0.2) is 40.7 Å². The number of methoxy groups -OCH3 is 2. The molecule has 0 fully saturated rings. The maximum Gasteiger partial charge on any atom is 0.269 e. The largest absolute Gasteiger partial charge is 0.493 e. The molecule has 8 nitrogen and oxygen atoms in total. The van der Waals surface area contributed by atoms with Gasteiger partial charge in [-0.15, -0.1) is 0 Å². The molecule has 144 valence electrons. The van der Waals surface area contributed by atoms with Gasteiger partial charge in [0.05, 0.1) is 20.0 Å². The molecule has 27 heavy (non-hydrogen) atoms. The summed E-state index contributed by atoms with van der Waals surface area (Å²) >= 11 is 0. The smallest absolute Gasteiger partial charge is 0.269 e.